The van der Waals surface area contributed by atoms with Crippen molar-refractivity contribution >= 4 is 17.3 Å². The Bertz CT molecular complexity index is 1460. The van der Waals surface area contributed by atoms with Gasteiger partial charge in [-0.05, 0) is 58.7 Å². The molecular formula is C32H30N2O4. The molecule has 4 aromatic rings. The minimum absolute atomic E-state index is 0.207. The molecule has 2 aliphatic heterocycles. The van der Waals surface area contributed by atoms with Gasteiger partial charge in [0.1, 0.15) is 18.1 Å². The van der Waals surface area contributed by atoms with Crippen molar-refractivity contribution in [1.29, 1.82) is 0 Å². The maximum atomic E-state index is 14.5. The minimum atomic E-state index is -1.08. The van der Waals surface area contributed by atoms with Crippen molar-refractivity contribution in [2.24, 2.45) is 0 Å². The average molecular weight is 507 g/mol. The van der Waals surface area contributed by atoms with Gasteiger partial charge in [-0.1, -0.05) is 60.7 Å². The zero-order chi connectivity index (χ0) is 26.1. The molecule has 0 aromatic heterocycles. The van der Waals surface area contributed by atoms with Crippen molar-refractivity contribution in [3.8, 4) is 11.5 Å². The molecule has 2 aliphatic rings. The molecule has 2 heterocycles. The van der Waals surface area contributed by atoms with Crippen LogP contribution in [-0.4, -0.2) is 26.7 Å². The number of ether oxygens (including phenoxy) is 3. The van der Waals surface area contributed by atoms with Gasteiger partial charge in [0.15, 0.2) is 5.54 Å². The standard InChI is InChI=1S/C32H30N2O4/c1-36-27-13-15-29-25(18-27)20-34-30-16-14-28(37-2)17-24(30)19-33(29)22-32(34,26-11-7-4-8-12-26)31(35)38-21-23-9-5-3-6-10-23/h3-18H,19-22H2,1-2H3. The first-order chi connectivity index (χ1) is 18.6. The molecule has 6 nitrogen and oxygen atoms in total. The van der Waals surface area contributed by atoms with Gasteiger partial charge in [-0.3, -0.25) is 0 Å². The highest BCUT2D eigenvalue weighted by Gasteiger charge is 2.52. The number of benzene rings is 4. The van der Waals surface area contributed by atoms with E-state index < -0.39 is 5.54 Å². The van der Waals surface area contributed by atoms with E-state index in [1.54, 1.807) is 14.2 Å². The summed E-state index contributed by atoms with van der Waals surface area (Å²) in [6, 6.07) is 32.0. The van der Waals surface area contributed by atoms with E-state index in [1.807, 2.05) is 72.8 Å². The van der Waals surface area contributed by atoms with Crippen LogP contribution in [0.3, 0.4) is 0 Å². The second kappa shape index (κ2) is 9.78. The number of hydrogen-bond donors (Lipinski definition) is 0. The maximum absolute atomic E-state index is 14.5. The SMILES string of the molecule is COc1ccc2c(c1)CN1c3ccc(OC)cc3CN2CC1(C(=O)OCc1ccccc1)c1ccccc1. The van der Waals surface area contributed by atoms with E-state index in [4.69, 9.17) is 14.2 Å². The summed E-state index contributed by atoms with van der Waals surface area (Å²) in [5, 5.41) is 0. The van der Waals surface area contributed by atoms with Gasteiger partial charge in [-0.2, -0.15) is 0 Å². The van der Waals surface area contributed by atoms with Crippen molar-refractivity contribution in [3.05, 3.63) is 119 Å². The smallest absolute Gasteiger partial charge is 0.338 e. The zero-order valence-corrected chi connectivity index (χ0v) is 21.6. The van der Waals surface area contributed by atoms with Gasteiger partial charge in [0, 0.05) is 24.5 Å². The fourth-order valence-corrected chi connectivity index (χ4v) is 5.69. The molecule has 0 fully saturated rings. The monoisotopic (exact) mass is 506 g/mol. The normalized spacial score (nSPS) is 17.6. The van der Waals surface area contributed by atoms with Crippen molar-refractivity contribution in [1.82, 2.24) is 0 Å². The number of methoxy groups -OCH3 is 2. The van der Waals surface area contributed by atoms with Gasteiger partial charge >= 0.3 is 5.97 Å². The predicted octanol–water partition coefficient (Wildman–Crippen LogP) is 5.68. The van der Waals surface area contributed by atoms with Crippen LogP contribution >= 0.6 is 0 Å². The lowest BCUT2D eigenvalue weighted by Gasteiger charge is -2.42. The van der Waals surface area contributed by atoms with Gasteiger partial charge < -0.3 is 24.0 Å². The van der Waals surface area contributed by atoms with Crippen molar-refractivity contribution in [2.75, 3.05) is 30.6 Å². The Balaban J connectivity index is 1.54. The van der Waals surface area contributed by atoms with Crippen molar-refractivity contribution < 1.29 is 19.0 Å². The lowest BCUT2D eigenvalue weighted by molar-refractivity contribution is -0.151. The molecule has 0 spiro atoms. The first-order valence-electron chi connectivity index (χ1n) is 12.8. The van der Waals surface area contributed by atoms with Crippen LogP contribution in [0, 0.1) is 0 Å². The van der Waals surface area contributed by atoms with E-state index in [-0.39, 0.29) is 12.6 Å². The second-order valence-corrected chi connectivity index (χ2v) is 9.72. The Labute approximate surface area is 223 Å². The summed E-state index contributed by atoms with van der Waals surface area (Å²) >= 11 is 0. The van der Waals surface area contributed by atoms with Crippen molar-refractivity contribution in [3.63, 3.8) is 0 Å². The Morgan fingerprint density at radius 3 is 2.03 bits per heavy atom. The van der Waals surface area contributed by atoms with E-state index in [9.17, 15) is 4.79 Å². The quantitative estimate of drug-likeness (QED) is 0.314. The summed E-state index contributed by atoms with van der Waals surface area (Å²) in [6.07, 6.45) is 0. The van der Waals surface area contributed by atoms with Crippen LogP contribution < -0.4 is 19.3 Å². The largest absolute Gasteiger partial charge is 0.497 e. The fraction of sp³-hybridized carbons (Fsp3) is 0.219. The molecule has 192 valence electrons. The molecule has 0 N–H and O–H groups in total. The summed E-state index contributed by atoms with van der Waals surface area (Å²) in [5.74, 6) is 1.30. The highest BCUT2D eigenvalue weighted by atomic mass is 16.5. The van der Waals surface area contributed by atoms with Crippen LogP contribution in [0.5, 0.6) is 11.5 Å². The third kappa shape index (κ3) is 4.02. The van der Waals surface area contributed by atoms with E-state index in [1.165, 1.54) is 0 Å². The van der Waals surface area contributed by atoms with Gasteiger partial charge in [0.2, 0.25) is 0 Å². The van der Waals surface area contributed by atoms with Gasteiger partial charge in [0.25, 0.3) is 0 Å². The molecule has 0 amide bonds. The molecular weight excluding hydrogens is 476 g/mol. The molecule has 0 radical (unpaired) electrons. The first kappa shape index (κ1) is 23.9. The molecule has 4 aromatic carbocycles. The lowest BCUT2D eigenvalue weighted by atomic mass is 9.86. The van der Waals surface area contributed by atoms with Gasteiger partial charge in [-0.25, -0.2) is 4.79 Å². The molecule has 38 heavy (non-hydrogen) atoms. The molecule has 2 bridgehead atoms. The number of nitrogens with zero attached hydrogens (tertiary/aromatic N) is 2. The van der Waals surface area contributed by atoms with Crippen LogP contribution in [0.4, 0.5) is 11.4 Å². The summed E-state index contributed by atoms with van der Waals surface area (Å²) in [4.78, 5) is 19.0. The Morgan fingerprint density at radius 2 is 1.37 bits per heavy atom. The highest BCUT2D eigenvalue weighted by molar-refractivity contribution is 5.90. The highest BCUT2D eigenvalue weighted by Crippen LogP contribution is 2.47. The summed E-state index contributed by atoms with van der Waals surface area (Å²) in [5.41, 5.74) is 5.03. The van der Waals surface area contributed by atoms with E-state index in [0.717, 1.165) is 45.1 Å². The van der Waals surface area contributed by atoms with Gasteiger partial charge in [-0.15, -0.1) is 0 Å². The predicted molar refractivity (Wildman–Crippen MR) is 148 cm³/mol. The topological polar surface area (TPSA) is 51.2 Å². The molecule has 6 rings (SSSR count). The second-order valence-electron chi connectivity index (χ2n) is 9.72. The molecule has 6 heteroatoms. The number of rotatable bonds is 6. The van der Waals surface area contributed by atoms with E-state index in [0.29, 0.717) is 19.6 Å². The Hall–Kier alpha value is -4.45. The number of fused-ring (bicyclic) bond motifs is 7. The van der Waals surface area contributed by atoms with E-state index >= 15 is 0 Å². The number of hydrogen-bond acceptors (Lipinski definition) is 6. The van der Waals surface area contributed by atoms with E-state index in [2.05, 4.69) is 34.1 Å². The fourth-order valence-electron chi connectivity index (χ4n) is 5.69. The number of esters is 1. The Morgan fingerprint density at radius 1 is 0.763 bits per heavy atom. The summed E-state index contributed by atoms with van der Waals surface area (Å²) in [6.45, 7) is 1.78. The third-order valence-corrected chi connectivity index (χ3v) is 7.58. The lowest BCUT2D eigenvalue weighted by Crippen LogP contribution is -2.56. The minimum Gasteiger partial charge on any atom is -0.497 e. The van der Waals surface area contributed by atoms with Gasteiger partial charge in [0.05, 0.1) is 20.8 Å². The van der Waals surface area contributed by atoms with Crippen molar-refractivity contribution in [2.45, 2.75) is 25.2 Å². The molecule has 1 unspecified atom stereocenters. The van der Waals surface area contributed by atoms with Crippen LogP contribution in [0.2, 0.25) is 0 Å². The summed E-state index contributed by atoms with van der Waals surface area (Å²) in [7, 11) is 3.35. The molecule has 0 aliphatic carbocycles. The molecule has 0 saturated carbocycles. The molecule has 1 atom stereocenters. The molecule has 0 saturated heterocycles. The number of anilines is 2. The summed E-state index contributed by atoms with van der Waals surface area (Å²) < 4.78 is 17.3. The van der Waals surface area contributed by atoms with Crippen LogP contribution in [-0.2, 0) is 34.8 Å². The maximum Gasteiger partial charge on any atom is 0.338 e. The third-order valence-electron chi connectivity index (χ3n) is 7.58. The van der Waals surface area contributed by atoms with Crippen LogP contribution in [0.1, 0.15) is 22.3 Å². The zero-order valence-electron chi connectivity index (χ0n) is 21.6. The number of carbonyl (C=O) groups is 1. The van der Waals surface area contributed by atoms with Crippen LogP contribution in [0.25, 0.3) is 0 Å². The van der Waals surface area contributed by atoms with Crippen LogP contribution in [0.15, 0.2) is 97.1 Å². The average Bonchev–Trinajstić information content (AvgIpc) is 3.20. The number of carbonyl (C=O) groups excluding carboxylic acids is 1. The first-order valence-corrected chi connectivity index (χ1v) is 12.8. The Kier molecular flexibility index (Phi) is 6.16.